The number of ether oxygens (including phenoxy) is 5. The molecule has 5 unspecified atom stereocenters. The Morgan fingerprint density at radius 2 is 1.07 bits per heavy atom. The Morgan fingerprint density at radius 1 is 0.586 bits per heavy atom. The molecule has 5 rings (SSSR count). The van der Waals surface area contributed by atoms with E-state index < -0.39 is 0 Å². The van der Waals surface area contributed by atoms with Crippen LogP contribution in [0.4, 0.5) is 0 Å². The molecule has 29 heavy (non-hydrogen) atoms. The second kappa shape index (κ2) is 11.0. The van der Waals surface area contributed by atoms with E-state index in [1.807, 2.05) is 4.90 Å². The number of amides is 1. The van der Waals surface area contributed by atoms with Gasteiger partial charge < -0.3 is 28.6 Å². The normalized spacial score (nSPS) is 37.9. The summed E-state index contributed by atoms with van der Waals surface area (Å²) in [5.41, 5.74) is 0. The van der Waals surface area contributed by atoms with E-state index in [9.17, 15) is 4.79 Å². The first-order chi connectivity index (χ1) is 14.3. The molecule has 4 bridgehead atoms. The molecule has 0 spiro atoms. The van der Waals surface area contributed by atoms with Crippen molar-refractivity contribution in [2.24, 2.45) is 29.6 Å². The van der Waals surface area contributed by atoms with E-state index in [-0.39, 0.29) is 5.92 Å². The molecule has 4 saturated carbocycles. The Kier molecular flexibility index (Phi) is 8.19. The van der Waals surface area contributed by atoms with Gasteiger partial charge in [-0.3, -0.25) is 4.79 Å². The first-order valence-electron chi connectivity index (χ1n) is 11.5. The fraction of sp³-hybridized carbons (Fsp3) is 0.955. The lowest BCUT2D eigenvalue weighted by atomic mass is 9.75. The van der Waals surface area contributed by atoms with Crippen molar-refractivity contribution in [2.75, 3.05) is 79.2 Å². The lowest BCUT2D eigenvalue weighted by molar-refractivity contribution is -0.141. The summed E-state index contributed by atoms with van der Waals surface area (Å²) in [5.74, 6) is 3.52. The van der Waals surface area contributed by atoms with Crippen LogP contribution < -0.4 is 0 Å². The third kappa shape index (κ3) is 5.70. The van der Waals surface area contributed by atoms with Gasteiger partial charge in [-0.25, -0.2) is 0 Å². The second-order valence-electron chi connectivity index (χ2n) is 8.91. The van der Waals surface area contributed by atoms with Gasteiger partial charge in [0.25, 0.3) is 0 Å². The topological polar surface area (TPSA) is 66.5 Å². The third-order valence-electron chi connectivity index (χ3n) is 7.15. The van der Waals surface area contributed by atoms with Crippen LogP contribution in [0.25, 0.3) is 0 Å². The van der Waals surface area contributed by atoms with Gasteiger partial charge in [0.15, 0.2) is 0 Å². The minimum Gasteiger partial charge on any atom is -0.377 e. The lowest BCUT2D eigenvalue weighted by Crippen LogP contribution is -2.44. The molecule has 166 valence electrons. The van der Waals surface area contributed by atoms with Gasteiger partial charge in [0.05, 0.1) is 66.1 Å². The third-order valence-corrected chi connectivity index (χ3v) is 7.15. The molecule has 1 saturated heterocycles. The number of nitrogens with zero attached hydrogens (tertiary/aromatic N) is 1. The summed E-state index contributed by atoms with van der Waals surface area (Å²) >= 11 is 0. The van der Waals surface area contributed by atoms with E-state index in [2.05, 4.69) is 0 Å². The number of carbonyl (C=O) groups excluding carboxylic acids is 1. The monoisotopic (exact) mass is 411 g/mol. The van der Waals surface area contributed by atoms with Crippen molar-refractivity contribution in [3.8, 4) is 0 Å². The molecule has 1 amide bonds. The Hall–Kier alpha value is -0.730. The van der Waals surface area contributed by atoms with Crippen molar-refractivity contribution in [1.29, 1.82) is 0 Å². The smallest absolute Gasteiger partial charge is 0.226 e. The van der Waals surface area contributed by atoms with Crippen molar-refractivity contribution < 1.29 is 28.5 Å². The van der Waals surface area contributed by atoms with Crippen LogP contribution in [0.1, 0.15) is 25.7 Å². The molecule has 0 aromatic rings. The Labute approximate surface area is 174 Å². The van der Waals surface area contributed by atoms with Gasteiger partial charge in [-0.15, -0.1) is 0 Å². The second-order valence-corrected chi connectivity index (χ2v) is 8.91. The Balaban J connectivity index is 1.28. The first-order valence-corrected chi connectivity index (χ1v) is 11.5. The summed E-state index contributed by atoms with van der Waals surface area (Å²) in [4.78, 5) is 15.5. The molecule has 5 aliphatic rings. The maximum absolute atomic E-state index is 13.5. The molecule has 5 fully saturated rings. The van der Waals surface area contributed by atoms with Gasteiger partial charge in [-0.1, -0.05) is 0 Å². The minimum absolute atomic E-state index is 0.239. The van der Waals surface area contributed by atoms with Gasteiger partial charge in [-0.2, -0.15) is 0 Å². The average molecular weight is 412 g/mol. The van der Waals surface area contributed by atoms with Gasteiger partial charge >= 0.3 is 0 Å². The van der Waals surface area contributed by atoms with Gasteiger partial charge in [0.1, 0.15) is 0 Å². The van der Waals surface area contributed by atoms with Gasteiger partial charge in [0.2, 0.25) is 5.91 Å². The summed E-state index contributed by atoms with van der Waals surface area (Å²) in [7, 11) is 0. The average Bonchev–Trinajstić information content (AvgIpc) is 3.14. The van der Waals surface area contributed by atoms with Gasteiger partial charge in [-0.05, 0) is 49.4 Å². The van der Waals surface area contributed by atoms with Crippen LogP contribution in [0, 0.1) is 29.6 Å². The molecular formula is C22H37NO6. The molecule has 5 atom stereocenters. The maximum Gasteiger partial charge on any atom is 0.226 e. The fourth-order valence-electron chi connectivity index (χ4n) is 5.99. The fourth-order valence-corrected chi connectivity index (χ4v) is 5.99. The van der Waals surface area contributed by atoms with E-state index in [4.69, 9.17) is 23.7 Å². The summed E-state index contributed by atoms with van der Waals surface area (Å²) in [6.07, 6.45) is 5.18. The van der Waals surface area contributed by atoms with E-state index in [1.165, 1.54) is 25.7 Å². The highest BCUT2D eigenvalue weighted by atomic mass is 16.6. The zero-order chi connectivity index (χ0) is 19.9. The standard InChI is InChI=1S/C22H37NO6/c24-22(21-19-14-17-13-18(16-19)20(21)15-17)23-1-3-25-5-7-27-9-11-29-12-10-28-8-6-26-4-2-23/h17-21H,1-16H2. The molecule has 4 aliphatic carbocycles. The number of hydrogen-bond donors (Lipinski definition) is 0. The van der Waals surface area contributed by atoms with E-state index >= 15 is 0 Å². The Morgan fingerprint density at radius 3 is 1.59 bits per heavy atom. The highest BCUT2D eigenvalue weighted by molar-refractivity contribution is 5.80. The van der Waals surface area contributed by atoms with Crippen molar-refractivity contribution in [3.63, 3.8) is 0 Å². The molecule has 0 aromatic heterocycles. The highest BCUT2D eigenvalue weighted by Crippen LogP contribution is 2.61. The van der Waals surface area contributed by atoms with Crippen molar-refractivity contribution in [1.82, 2.24) is 4.90 Å². The van der Waals surface area contributed by atoms with Crippen LogP contribution in [0.5, 0.6) is 0 Å². The summed E-state index contributed by atoms with van der Waals surface area (Å²) in [6.45, 7) is 6.78. The van der Waals surface area contributed by atoms with Crippen LogP contribution in [0.15, 0.2) is 0 Å². The number of carbonyl (C=O) groups is 1. The van der Waals surface area contributed by atoms with Crippen molar-refractivity contribution >= 4 is 5.91 Å². The van der Waals surface area contributed by atoms with Crippen molar-refractivity contribution in [3.05, 3.63) is 0 Å². The number of rotatable bonds is 1. The molecular weight excluding hydrogens is 374 g/mol. The largest absolute Gasteiger partial charge is 0.377 e. The number of hydrogen-bond acceptors (Lipinski definition) is 6. The minimum atomic E-state index is 0.239. The van der Waals surface area contributed by atoms with E-state index in [0.29, 0.717) is 96.9 Å². The lowest BCUT2D eigenvalue weighted by Gasteiger charge is -2.35. The molecule has 0 aromatic carbocycles. The first kappa shape index (κ1) is 21.5. The van der Waals surface area contributed by atoms with E-state index in [1.54, 1.807) is 0 Å². The van der Waals surface area contributed by atoms with Crippen molar-refractivity contribution in [2.45, 2.75) is 25.7 Å². The quantitative estimate of drug-likeness (QED) is 0.653. The predicted molar refractivity (Wildman–Crippen MR) is 107 cm³/mol. The van der Waals surface area contributed by atoms with Crippen LogP contribution in [0.3, 0.4) is 0 Å². The molecule has 0 radical (unpaired) electrons. The van der Waals surface area contributed by atoms with Crippen LogP contribution >= 0.6 is 0 Å². The summed E-state index contributed by atoms with van der Waals surface area (Å²) in [6, 6.07) is 0. The SMILES string of the molecule is O=C(C1C2CC3CC(C2)C1C3)N1CCOCCOCCOCCOCCOCC1. The van der Waals surface area contributed by atoms with Crippen LogP contribution in [-0.4, -0.2) is 90.0 Å². The highest BCUT2D eigenvalue weighted by Gasteiger charge is 2.56. The summed E-state index contributed by atoms with van der Waals surface area (Å²) in [5, 5.41) is 0. The maximum atomic E-state index is 13.5. The molecule has 7 nitrogen and oxygen atoms in total. The van der Waals surface area contributed by atoms with Crippen LogP contribution in [-0.2, 0) is 28.5 Å². The molecule has 7 heteroatoms. The molecule has 0 N–H and O–H groups in total. The van der Waals surface area contributed by atoms with Crippen LogP contribution in [0.2, 0.25) is 0 Å². The Bertz CT molecular complexity index is 496. The van der Waals surface area contributed by atoms with Gasteiger partial charge in [0, 0.05) is 19.0 Å². The zero-order valence-electron chi connectivity index (χ0n) is 17.6. The summed E-state index contributed by atoms with van der Waals surface area (Å²) < 4.78 is 27.9. The molecule has 1 heterocycles. The predicted octanol–water partition coefficient (Wildman–Crippen LogP) is 1.59. The van der Waals surface area contributed by atoms with E-state index in [0.717, 1.165) is 11.8 Å². The zero-order valence-corrected chi connectivity index (χ0v) is 17.6. The molecule has 1 aliphatic heterocycles.